The SMILES string of the molecule is COc1ccc2nccc([C@H](F)CC[C@@H]3CCN(CCCSc4cccc(F)c4)C[C@@H]3CO)c2c1. The number of alkyl halides is 1. The average molecular weight is 501 g/mol. The predicted molar refractivity (Wildman–Crippen MR) is 138 cm³/mol. The van der Waals surface area contributed by atoms with Crippen LogP contribution in [0.15, 0.2) is 59.6 Å². The second kappa shape index (κ2) is 12.7. The summed E-state index contributed by atoms with van der Waals surface area (Å²) in [5, 5.41) is 10.8. The first-order valence-corrected chi connectivity index (χ1v) is 13.3. The molecule has 1 aliphatic rings. The van der Waals surface area contributed by atoms with Gasteiger partial charge < -0.3 is 14.7 Å². The zero-order chi connectivity index (χ0) is 24.6. The minimum atomic E-state index is -1.08. The highest BCUT2D eigenvalue weighted by Crippen LogP contribution is 2.35. The summed E-state index contributed by atoms with van der Waals surface area (Å²) in [6, 6.07) is 14.0. The number of pyridine rings is 1. The van der Waals surface area contributed by atoms with E-state index >= 15 is 4.39 Å². The second-order valence-electron chi connectivity index (χ2n) is 9.28. The highest BCUT2D eigenvalue weighted by Gasteiger charge is 2.29. The van der Waals surface area contributed by atoms with Gasteiger partial charge in [0.05, 0.1) is 12.6 Å². The lowest BCUT2D eigenvalue weighted by atomic mass is 9.81. The summed E-state index contributed by atoms with van der Waals surface area (Å²) in [6.07, 6.45) is 3.75. The van der Waals surface area contributed by atoms with Crippen LogP contribution in [0.2, 0.25) is 0 Å². The Labute approximate surface area is 210 Å². The molecule has 3 atom stereocenters. The summed E-state index contributed by atoms with van der Waals surface area (Å²) >= 11 is 1.67. The number of fused-ring (bicyclic) bond motifs is 1. The van der Waals surface area contributed by atoms with E-state index in [9.17, 15) is 9.50 Å². The minimum absolute atomic E-state index is 0.131. The number of benzene rings is 2. The maximum atomic E-state index is 15.4. The molecule has 1 aliphatic heterocycles. The van der Waals surface area contributed by atoms with Gasteiger partial charge in [0.15, 0.2) is 0 Å². The molecule has 0 bridgehead atoms. The van der Waals surface area contributed by atoms with Gasteiger partial charge in [-0.25, -0.2) is 8.78 Å². The van der Waals surface area contributed by atoms with E-state index in [1.165, 1.54) is 6.07 Å². The van der Waals surface area contributed by atoms with Crippen LogP contribution in [0.5, 0.6) is 5.75 Å². The lowest BCUT2D eigenvalue weighted by molar-refractivity contribution is 0.0640. The molecule has 7 heteroatoms. The third-order valence-corrected chi connectivity index (χ3v) is 8.08. The zero-order valence-corrected chi connectivity index (χ0v) is 21.0. The number of aromatic nitrogens is 1. The monoisotopic (exact) mass is 500 g/mol. The fraction of sp³-hybridized carbons (Fsp3) is 0.464. The van der Waals surface area contributed by atoms with Crippen molar-refractivity contribution in [3.8, 4) is 5.75 Å². The smallest absolute Gasteiger partial charge is 0.126 e. The number of halogens is 2. The maximum Gasteiger partial charge on any atom is 0.126 e. The molecule has 3 aromatic rings. The number of ether oxygens (including phenoxy) is 1. The molecule has 2 aromatic carbocycles. The first-order chi connectivity index (χ1) is 17.1. The Hall–Kier alpha value is -2.22. The molecule has 1 N–H and O–H groups in total. The summed E-state index contributed by atoms with van der Waals surface area (Å²) < 4.78 is 34.0. The van der Waals surface area contributed by atoms with E-state index in [0.717, 1.165) is 60.4 Å². The van der Waals surface area contributed by atoms with Crippen molar-refractivity contribution in [2.45, 2.75) is 36.8 Å². The fourth-order valence-electron chi connectivity index (χ4n) is 5.04. The van der Waals surface area contributed by atoms with E-state index < -0.39 is 6.17 Å². The zero-order valence-electron chi connectivity index (χ0n) is 20.2. The molecule has 0 radical (unpaired) electrons. The quantitative estimate of drug-likeness (QED) is 0.248. The van der Waals surface area contributed by atoms with Gasteiger partial charge in [0.25, 0.3) is 0 Å². The highest BCUT2D eigenvalue weighted by molar-refractivity contribution is 7.99. The Morgan fingerprint density at radius 3 is 2.89 bits per heavy atom. The Balaban J connectivity index is 1.26. The number of aliphatic hydroxyl groups excluding tert-OH is 1. The Bertz CT molecular complexity index is 1100. The number of hydrogen-bond donors (Lipinski definition) is 1. The summed E-state index contributed by atoms with van der Waals surface area (Å²) in [5.74, 6) is 1.91. The molecule has 0 unspecified atom stereocenters. The lowest BCUT2D eigenvalue weighted by Gasteiger charge is -2.38. The van der Waals surface area contributed by atoms with Crippen LogP contribution in [-0.2, 0) is 0 Å². The second-order valence-corrected chi connectivity index (χ2v) is 10.4. The van der Waals surface area contributed by atoms with Crippen molar-refractivity contribution >= 4 is 22.7 Å². The van der Waals surface area contributed by atoms with E-state index in [0.29, 0.717) is 23.7 Å². The summed E-state index contributed by atoms with van der Waals surface area (Å²) in [7, 11) is 1.61. The largest absolute Gasteiger partial charge is 0.497 e. The predicted octanol–water partition coefficient (Wildman–Crippen LogP) is 6.29. The Morgan fingerprint density at radius 2 is 2.09 bits per heavy atom. The van der Waals surface area contributed by atoms with Gasteiger partial charge >= 0.3 is 0 Å². The highest BCUT2D eigenvalue weighted by atomic mass is 32.2. The van der Waals surface area contributed by atoms with Gasteiger partial charge in [-0.1, -0.05) is 6.07 Å². The van der Waals surface area contributed by atoms with Gasteiger partial charge in [-0.2, -0.15) is 0 Å². The summed E-state index contributed by atoms with van der Waals surface area (Å²) in [6.45, 7) is 2.91. The molecule has 4 rings (SSSR count). The number of hydrogen-bond acceptors (Lipinski definition) is 5. The maximum absolute atomic E-state index is 15.4. The molecule has 0 amide bonds. The topological polar surface area (TPSA) is 45.6 Å². The molecule has 2 heterocycles. The molecule has 1 fully saturated rings. The fourth-order valence-corrected chi connectivity index (χ4v) is 5.92. The number of thioether (sulfide) groups is 1. The van der Waals surface area contributed by atoms with Crippen LogP contribution in [-0.4, -0.2) is 54.1 Å². The van der Waals surface area contributed by atoms with Crippen LogP contribution in [0.25, 0.3) is 10.9 Å². The molecule has 0 saturated carbocycles. The van der Waals surface area contributed by atoms with Crippen LogP contribution < -0.4 is 4.74 Å². The van der Waals surface area contributed by atoms with E-state index in [2.05, 4.69) is 9.88 Å². The van der Waals surface area contributed by atoms with E-state index in [-0.39, 0.29) is 18.3 Å². The molecule has 0 spiro atoms. The molecular formula is C28H34F2N2O2S. The third-order valence-electron chi connectivity index (χ3n) is 7.00. The number of piperidine rings is 1. The number of nitrogens with zero attached hydrogens (tertiary/aromatic N) is 2. The first-order valence-electron chi connectivity index (χ1n) is 12.4. The van der Waals surface area contributed by atoms with Crippen LogP contribution in [0.3, 0.4) is 0 Å². The molecule has 0 aliphatic carbocycles. The standard InChI is InChI=1S/C28H34F2N2O2S/c1-34-23-7-9-28-26(17-23)25(10-12-31-28)27(30)8-6-20-11-14-32(18-21(20)19-33)13-3-15-35-24-5-2-4-22(29)16-24/h2,4-5,7,9-10,12,16-17,20-21,27,33H,3,6,8,11,13-15,18-19H2,1H3/t20-,21-,27-/m1/s1. The van der Waals surface area contributed by atoms with Crippen molar-refractivity contribution in [1.82, 2.24) is 9.88 Å². The first kappa shape index (κ1) is 25.9. The van der Waals surface area contributed by atoms with Crippen molar-refractivity contribution in [3.63, 3.8) is 0 Å². The van der Waals surface area contributed by atoms with Crippen LogP contribution in [0.1, 0.15) is 37.4 Å². The molecular weight excluding hydrogens is 466 g/mol. The Morgan fingerprint density at radius 1 is 1.20 bits per heavy atom. The van der Waals surface area contributed by atoms with Crippen molar-refractivity contribution in [3.05, 3.63) is 66.1 Å². The van der Waals surface area contributed by atoms with Gasteiger partial charge in [-0.05, 0) is 104 Å². The van der Waals surface area contributed by atoms with Gasteiger partial charge in [0, 0.05) is 29.6 Å². The van der Waals surface area contributed by atoms with Crippen molar-refractivity contribution in [2.75, 3.05) is 39.1 Å². The van der Waals surface area contributed by atoms with Crippen molar-refractivity contribution in [1.29, 1.82) is 0 Å². The van der Waals surface area contributed by atoms with Gasteiger partial charge in [0.1, 0.15) is 17.7 Å². The van der Waals surface area contributed by atoms with Crippen molar-refractivity contribution < 1.29 is 18.6 Å². The van der Waals surface area contributed by atoms with Crippen molar-refractivity contribution in [2.24, 2.45) is 11.8 Å². The molecule has 35 heavy (non-hydrogen) atoms. The Kier molecular flexibility index (Phi) is 9.35. The molecule has 188 valence electrons. The molecule has 1 aromatic heterocycles. The van der Waals surface area contributed by atoms with E-state index in [1.54, 1.807) is 43.3 Å². The number of methoxy groups -OCH3 is 1. The number of rotatable bonds is 11. The molecule has 4 nitrogen and oxygen atoms in total. The lowest BCUT2D eigenvalue weighted by Crippen LogP contribution is -2.42. The average Bonchev–Trinajstić information content (AvgIpc) is 2.89. The molecule has 1 saturated heterocycles. The van der Waals surface area contributed by atoms with Gasteiger partial charge in [-0.15, -0.1) is 11.8 Å². The minimum Gasteiger partial charge on any atom is -0.497 e. The van der Waals surface area contributed by atoms with Crippen LogP contribution in [0.4, 0.5) is 8.78 Å². The van der Waals surface area contributed by atoms with E-state index in [4.69, 9.17) is 4.74 Å². The third kappa shape index (κ3) is 6.93. The number of likely N-dealkylation sites (tertiary alicyclic amines) is 1. The normalized spacial score (nSPS) is 19.7. The van der Waals surface area contributed by atoms with Gasteiger partial charge in [-0.3, -0.25) is 4.98 Å². The van der Waals surface area contributed by atoms with Crippen LogP contribution >= 0.6 is 11.8 Å². The van der Waals surface area contributed by atoms with E-state index in [1.807, 2.05) is 24.3 Å². The van der Waals surface area contributed by atoms with Gasteiger partial charge in [0.2, 0.25) is 0 Å². The number of aliphatic hydroxyl groups is 1. The summed E-state index contributed by atoms with van der Waals surface area (Å²) in [4.78, 5) is 7.71. The van der Waals surface area contributed by atoms with Crippen LogP contribution in [0, 0.1) is 17.7 Å². The summed E-state index contributed by atoms with van der Waals surface area (Å²) in [5.41, 5.74) is 1.42.